The number of aromatic nitrogens is 1. The molecule has 0 aliphatic rings. The van der Waals surface area contributed by atoms with Gasteiger partial charge in [-0.3, -0.25) is 9.78 Å². The molecule has 0 saturated carbocycles. The van der Waals surface area contributed by atoms with Crippen molar-refractivity contribution in [1.82, 2.24) is 10.3 Å². The van der Waals surface area contributed by atoms with Crippen molar-refractivity contribution >= 4 is 5.91 Å². The van der Waals surface area contributed by atoms with Gasteiger partial charge in [-0.2, -0.15) is 0 Å². The van der Waals surface area contributed by atoms with Crippen LogP contribution in [0.25, 0.3) is 0 Å². The number of benzene rings is 1. The van der Waals surface area contributed by atoms with E-state index in [1.54, 1.807) is 6.20 Å². The summed E-state index contributed by atoms with van der Waals surface area (Å²) in [5.41, 5.74) is 0.829. The van der Waals surface area contributed by atoms with Gasteiger partial charge in [0.2, 0.25) is 0 Å². The molecular weight excluding hydrogens is 252 g/mol. The van der Waals surface area contributed by atoms with E-state index in [0.29, 0.717) is 18.7 Å². The molecule has 0 aliphatic heterocycles. The number of carbonyl (C=O) groups excluding carboxylic acids is 1. The fourth-order valence-electron chi connectivity index (χ4n) is 1.78. The summed E-state index contributed by atoms with van der Waals surface area (Å²) in [7, 11) is 0. The van der Waals surface area contributed by atoms with Crippen molar-refractivity contribution in [3.63, 3.8) is 0 Å². The standard InChI is InChI=1S/C16H18N2O2/c1-2-15(20-14-9-4-3-5-10-14)16(19)18-12-13-8-6-7-11-17-13/h3-11,15H,2,12H2,1H3,(H,18,19)/t15-/m1/s1. The summed E-state index contributed by atoms with van der Waals surface area (Å²) in [5, 5.41) is 2.84. The highest BCUT2D eigenvalue weighted by Crippen LogP contribution is 2.12. The molecule has 1 aromatic carbocycles. The van der Waals surface area contributed by atoms with Gasteiger partial charge in [-0.1, -0.05) is 31.2 Å². The van der Waals surface area contributed by atoms with Crippen molar-refractivity contribution in [2.75, 3.05) is 0 Å². The second kappa shape index (κ2) is 7.28. The fourth-order valence-corrected chi connectivity index (χ4v) is 1.78. The highest BCUT2D eigenvalue weighted by Gasteiger charge is 2.17. The number of nitrogens with one attached hydrogen (secondary N) is 1. The molecule has 20 heavy (non-hydrogen) atoms. The molecule has 1 N–H and O–H groups in total. The van der Waals surface area contributed by atoms with Crippen LogP contribution < -0.4 is 10.1 Å². The van der Waals surface area contributed by atoms with Crippen LogP contribution in [0.2, 0.25) is 0 Å². The lowest BCUT2D eigenvalue weighted by molar-refractivity contribution is -0.128. The Labute approximate surface area is 118 Å². The summed E-state index contributed by atoms with van der Waals surface area (Å²) in [4.78, 5) is 16.3. The van der Waals surface area contributed by atoms with Crippen molar-refractivity contribution in [2.45, 2.75) is 26.0 Å². The molecule has 4 heteroatoms. The highest BCUT2D eigenvalue weighted by molar-refractivity contribution is 5.81. The molecule has 2 rings (SSSR count). The van der Waals surface area contributed by atoms with Crippen LogP contribution >= 0.6 is 0 Å². The van der Waals surface area contributed by atoms with Crippen LogP contribution in [0.1, 0.15) is 19.0 Å². The minimum absolute atomic E-state index is 0.123. The van der Waals surface area contributed by atoms with Gasteiger partial charge in [-0.05, 0) is 30.7 Å². The van der Waals surface area contributed by atoms with Crippen LogP contribution in [0.15, 0.2) is 54.7 Å². The average Bonchev–Trinajstić information content (AvgIpc) is 2.52. The summed E-state index contributed by atoms with van der Waals surface area (Å²) in [6.07, 6.45) is 1.84. The van der Waals surface area contributed by atoms with E-state index >= 15 is 0 Å². The lowest BCUT2D eigenvalue weighted by Crippen LogP contribution is -2.37. The molecule has 0 fully saturated rings. The van der Waals surface area contributed by atoms with E-state index < -0.39 is 6.10 Å². The van der Waals surface area contributed by atoms with E-state index in [0.717, 1.165) is 5.69 Å². The molecule has 1 atom stereocenters. The molecule has 0 unspecified atom stereocenters. The molecule has 0 spiro atoms. The minimum atomic E-state index is -0.485. The summed E-state index contributed by atoms with van der Waals surface area (Å²) in [6, 6.07) is 15.0. The summed E-state index contributed by atoms with van der Waals surface area (Å²) >= 11 is 0. The molecule has 0 saturated heterocycles. The average molecular weight is 270 g/mol. The molecular formula is C16H18N2O2. The van der Waals surface area contributed by atoms with Crippen LogP contribution in [0.3, 0.4) is 0 Å². The quantitative estimate of drug-likeness (QED) is 0.877. The van der Waals surface area contributed by atoms with Crippen LogP contribution in [-0.2, 0) is 11.3 Å². The zero-order valence-corrected chi connectivity index (χ0v) is 11.5. The van der Waals surface area contributed by atoms with Crippen molar-refractivity contribution in [1.29, 1.82) is 0 Å². The number of rotatable bonds is 6. The van der Waals surface area contributed by atoms with Crippen molar-refractivity contribution in [3.05, 3.63) is 60.4 Å². The van der Waals surface area contributed by atoms with Crippen molar-refractivity contribution < 1.29 is 9.53 Å². The zero-order chi connectivity index (χ0) is 14.2. The lowest BCUT2D eigenvalue weighted by atomic mass is 10.2. The Bertz CT molecular complexity index is 529. The third-order valence-electron chi connectivity index (χ3n) is 2.85. The third kappa shape index (κ3) is 4.09. The molecule has 1 aromatic heterocycles. The first kappa shape index (κ1) is 14.1. The zero-order valence-electron chi connectivity index (χ0n) is 11.5. The molecule has 1 heterocycles. The first-order valence-corrected chi connectivity index (χ1v) is 6.69. The number of para-hydroxylation sites is 1. The van der Waals surface area contributed by atoms with E-state index in [1.807, 2.05) is 55.5 Å². The van der Waals surface area contributed by atoms with Gasteiger partial charge in [0.1, 0.15) is 5.75 Å². The maximum Gasteiger partial charge on any atom is 0.261 e. The predicted octanol–water partition coefficient (Wildman–Crippen LogP) is 2.56. The van der Waals surface area contributed by atoms with Gasteiger partial charge < -0.3 is 10.1 Å². The number of pyridine rings is 1. The van der Waals surface area contributed by atoms with E-state index in [1.165, 1.54) is 0 Å². The van der Waals surface area contributed by atoms with Gasteiger partial charge in [-0.15, -0.1) is 0 Å². The van der Waals surface area contributed by atoms with Crippen molar-refractivity contribution in [2.24, 2.45) is 0 Å². The minimum Gasteiger partial charge on any atom is -0.481 e. The highest BCUT2D eigenvalue weighted by atomic mass is 16.5. The molecule has 0 aliphatic carbocycles. The number of nitrogens with zero attached hydrogens (tertiary/aromatic N) is 1. The van der Waals surface area contributed by atoms with E-state index in [2.05, 4.69) is 10.3 Å². The molecule has 0 radical (unpaired) electrons. The third-order valence-corrected chi connectivity index (χ3v) is 2.85. The first-order chi connectivity index (χ1) is 9.79. The SMILES string of the molecule is CC[C@@H](Oc1ccccc1)C(=O)NCc1ccccn1. The lowest BCUT2D eigenvalue weighted by Gasteiger charge is -2.17. The summed E-state index contributed by atoms with van der Waals surface area (Å²) in [6.45, 7) is 2.34. The fraction of sp³-hybridized carbons (Fsp3) is 0.250. The Morgan fingerprint density at radius 3 is 2.60 bits per heavy atom. The van der Waals surface area contributed by atoms with E-state index in [4.69, 9.17) is 4.74 Å². The largest absolute Gasteiger partial charge is 0.481 e. The first-order valence-electron chi connectivity index (χ1n) is 6.69. The molecule has 0 bridgehead atoms. The Morgan fingerprint density at radius 2 is 1.95 bits per heavy atom. The van der Waals surface area contributed by atoms with Gasteiger partial charge in [0.05, 0.1) is 12.2 Å². The smallest absolute Gasteiger partial charge is 0.261 e. The second-order valence-electron chi connectivity index (χ2n) is 4.37. The number of hydrogen-bond acceptors (Lipinski definition) is 3. The Balaban J connectivity index is 1.89. The van der Waals surface area contributed by atoms with Gasteiger partial charge >= 0.3 is 0 Å². The van der Waals surface area contributed by atoms with Gasteiger partial charge in [0, 0.05) is 6.20 Å². The van der Waals surface area contributed by atoms with Crippen molar-refractivity contribution in [3.8, 4) is 5.75 Å². The van der Waals surface area contributed by atoms with Gasteiger partial charge in [-0.25, -0.2) is 0 Å². The second-order valence-corrected chi connectivity index (χ2v) is 4.37. The topological polar surface area (TPSA) is 51.2 Å². The summed E-state index contributed by atoms with van der Waals surface area (Å²) in [5.74, 6) is 0.578. The number of carbonyl (C=O) groups is 1. The van der Waals surface area contributed by atoms with Crippen LogP contribution in [0.4, 0.5) is 0 Å². The predicted molar refractivity (Wildman–Crippen MR) is 77.2 cm³/mol. The number of ether oxygens (including phenoxy) is 1. The van der Waals surface area contributed by atoms with E-state index in [9.17, 15) is 4.79 Å². The monoisotopic (exact) mass is 270 g/mol. The Hall–Kier alpha value is -2.36. The normalized spacial score (nSPS) is 11.7. The molecule has 4 nitrogen and oxygen atoms in total. The van der Waals surface area contributed by atoms with Crippen LogP contribution in [0, 0.1) is 0 Å². The van der Waals surface area contributed by atoms with Gasteiger partial charge in [0.15, 0.2) is 6.10 Å². The van der Waals surface area contributed by atoms with Crippen LogP contribution in [-0.4, -0.2) is 17.0 Å². The Kier molecular flexibility index (Phi) is 5.12. The summed E-state index contributed by atoms with van der Waals surface area (Å²) < 4.78 is 5.68. The number of hydrogen-bond donors (Lipinski definition) is 1. The maximum absolute atomic E-state index is 12.1. The maximum atomic E-state index is 12.1. The van der Waals surface area contributed by atoms with Gasteiger partial charge in [0.25, 0.3) is 5.91 Å². The molecule has 2 aromatic rings. The molecule has 104 valence electrons. The number of amides is 1. The Morgan fingerprint density at radius 1 is 1.20 bits per heavy atom. The van der Waals surface area contributed by atoms with E-state index in [-0.39, 0.29) is 5.91 Å². The van der Waals surface area contributed by atoms with Crippen LogP contribution in [0.5, 0.6) is 5.75 Å². The molecule has 1 amide bonds.